The molecule has 6 heteroatoms. The van der Waals surface area contributed by atoms with Gasteiger partial charge in [0.15, 0.2) is 0 Å². The lowest BCUT2D eigenvalue weighted by molar-refractivity contribution is -0.177. The summed E-state index contributed by atoms with van der Waals surface area (Å²) in [7, 11) is 0. The Morgan fingerprint density at radius 1 is 1.38 bits per heavy atom. The minimum absolute atomic E-state index is 0.0904. The van der Waals surface area contributed by atoms with Crippen molar-refractivity contribution in [1.82, 2.24) is 5.06 Å². The monoisotopic (exact) mass is 227 g/mol. The van der Waals surface area contributed by atoms with Crippen LogP contribution in [0, 0.1) is 5.92 Å². The quantitative estimate of drug-likeness (QED) is 0.531. The predicted molar refractivity (Wildman–Crippen MR) is 50.8 cm³/mol. The van der Waals surface area contributed by atoms with Crippen molar-refractivity contribution in [2.75, 3.05) is 0 Å². The molecule has 1 heterocycles. The average molecular weight is 227 g/mol. The Hall–Kier alpha value is -1.59. The zero-order chi connectivity index (χ0) is 11.7. The molecular weight excluding hydrogens is 214 g/mol. The maximum absolute atomic E-state index is 11.2. The molecule has 0 aromatic heterocycles. The molecule has 0 radical (unpaired) electrons. The second-order valence-electron chi connectivity index (χ2n) is 3.98. The summed E-state index contributed by atoms with van der Waals surface area (Å²) >= 11 is 0. The number of rotatable bonds is 3. The van der Waals surface area contributed by atoms with Crippen LogP contribution in [0.4, 0.5) is 4.79 Å². The molecule has 0 aromatic rings. The van der Waals surface area contributed by atoms with E-state index in [4.69, 9.17) is 4.74 Å². The van der Waals surface area contributed by atoms with Crippen LogP contribution >= 0.6 is 0 Å². The van der Waals surface area contributed by atoms with E-state index in [9.17, 15) is 14.4 Å². The first-order chi connectivity index (χ1) is 7.61. The van der Waals surface area contributed by atoms with Crippen molar-refractivity contribution >= 4 is 18.0 Å². The van der Waals surface area contributed by atoms with E-state index in [0.717, 1.165) is 12.8 Å². The van der Waals surface area contributed by atoms with Crippen molar-refractivity contribution in [2.24, 2.45) is 5.92 Å². The summed E-state index contributed by atoms with van der Waals surface area (Å²) in [6, 6.07) is 0. The highest BCUT2D eigenvalue weighted by atomic mass is 16.8. The van der Waals surface area contributed by atoms with E-state index in [1.165, 1.54) is 0 Å². The SMILES string of the molecule is CC[C@@H]1C[C@H]1OC(=O)ON1C(=O)CCC1=O. The lowest BCUT2D eigenvalue weighted by Crippen LogP contribution is -2.32. The van der Waals surface area contributed by atoms with Gasteiger partial charge in [-0.15, -0.1) is 0 Å². The van der Waals surface area contributed by atoms with Gasteiger partial charge < -0.3 is 4.74 Å². The van der Waals surface area contributed by atoms with E-state index in [-0.39, 0.29) is 18.9 Å². The molecule has 1 aliphatic carbocycles. The molecule has 2 fully saturated rings. The van der Waals surface area contributed by atoms with E-state index in [0.29, 0.717) is 11.0 Å². The third-order valence-electron chi connectivity index (χ3n) is 2.80. The lowest BCUT2D eigenvalue weighted by Gasteiger charge is -2.12. The largest absolute Gasteiger partial charge is 0.534 e. The lowest BCUT2D eigenvalue weighted by atomic mass is 10.3. The molecule has 2 atom stereocenters. The van der Waals surface area contributed by atoms with Crippen molar-refractivity contribution in [3.8, 4) is 0 Å². The zero-order valence-corrected chi connectivity index (χ0v) is 8.97. The van der Waals surface area contributed by atoms with Crippen LogP contribution in [0.3, 0.4) is 0 Å². The maximum Gasteiger partial charge on any atom is 0.534 e. The highest BCUT2D eigenvalue weighted by Crippen LogP contribution is 2.36. The second kappa shape index (κ2) is 4.11. The Labute approximate surface area is 92.4 Å². The van der Waals surface area contributed by atoms with Crippen molar-refractivity contribution in [3.63, 3.8) is 0 Å². The predicted octanol–water partition coefficient (Wildman–Crippen LogP) is 1.00. The molecule has 2 aliphatic rings. The number of carbonyl (C=O) groups excluding carboxylic acids is 3. The number of hydrogen-bond donors (Lipinski definition) is 0. The van der Waals surface area contributed by atoms with Gasteiger partial charge in [0.1, 0.15) is 6.10 Å². The number of ether oxygens (including phenoxy) is 1. The third-order valence-corrected chi connectivity index (χ3v) is 2.80. The van der Waals surface area contributed by atoms with Gasteiger partial charge >= 0.3 is 6.16 Å². The molecule has 2 amide bonds. The van der Waals surface area contributed by atoms with Crippen LogP contribution in [0.2, 0.25) is 0 Å². The molecule has 1 saturated heterocycles. The number of nitrogens with zero attached hydrogens (tertiary/aromatic N) is 1. The Kier molecular flexibility index (Phi) is 2.80. The second-order valence-corrected chi connectivity index (χ2v) is 3.98. The van der Waals surface area contributed by atoms with Gasteiger partial charge in [-0.1, -0.05) is 12.0 Å². The van der Waals surface area contributed by atoms with Crippen molar-refractivity contribution in [1.29, 1.82) is 0 Å². The number of hydrogen-bond acceptors (Lipinski definition) is 5. The highest BCUT2D eigenvalue weighted by Gasteiger charge is 2.41. The van der Waals surface area contributed by atoms with E-state index in [1.807, 2.05) is 6.92 Å². The van der Waals surface area contributed by atoms with E-state index < -0.39 is 18.0 Å². The first-order valence-electron chi connectivity index (χ1n) is 5.36. The van der Waals surface area contributed by atoms with Crippen molar-refractivity contribution < 1.29 is 24.0 Å². The van der Waals surface area contributed by atoms with Crippen molar-refractivity contribution in [3.05, 3.63) is 0 Å². The molecule has 0 unspecified atom stereocenters. The van der Waals surface area contributed by atoms with Gasteiger partial charge in [-0.25, -0.2) is 4.79 Å². The molecule has 6 nitrogen and oxygen atoms in total. The van der Waals surface area contributed by atoms with Crippen LogP contribution in [0.5, 0.6) is 0 Å². The Morgan fingerprint density at radius 3 is 2.50 bits per heavy atom. The van der Waals surface area contributed by atoms with Crippen molar-refractivity contribution in [2.45, 2.75) is 38.7 Å². The fraction of sp³-hybridized carbons (Fsp3) is 0.700. The van der Waals surface area contributed by atoms with Crippen LogP contribution in [-0.2, 0) is 19.2 Å². The number of carbonyl (C=O) groups is 3. The Morgan fingerprint density at radius 2 is 2.00 bits per heavy atom. The smallest absolute Gasteiger partial charge is 0.429 e. The van der Waals surface area contributed by atoms with E-state index >= 15 is 0 Å². The molecule has 1 aliphatic heterocycles. The molecule has 1 saturated carbocycles. The molecule has 0 bridgehead atoms. The molecule has 16 heavy (non-hydrogen) atoms. The van der Waals surface area contributed by atoms with Crippen LogP contribution in [0.1, 0.15) is 32.6 Å². The first-order valence-corrected chi connectivity index (χ1v) is 5.36. The topological polar surface area (TPSA) is 72.9 Å². The normalized spacial score (nSPS) is 28.2. The summed E-state index contributed by atoms with van der Waals surface area (Å²) in [4.78, 5) is 38.0. The maximum atomic E-state index is 11.2. The zero-order valence-electron chi connectivity index (χ0n) is 8.97. The van der Waals surface area contributed by atoms with Gasteiger partial charge in [-0.2, -0.15) is 0 Å². The summed E-state index contributed by atoms with van der Waals surface area (Å²) < 4.78 is 4.92. The molecule has 0 spiro atoms. The van der Waals surface area contributed by atoms with Gasteiger partial charge in [-0.3, -0.25) is 14.4 Å². The number of amides is 2. The Bertz CT molecular complexity index is 324. The summed E-state index contributed by atoms with van der Waals surface area (Å²) in [5, 5.41) is 0.492. The van der Waals surface area contributed by atoms with E-state index in [2.05, 4.69) is 4.84 Å². The molecule has 0 N–H and O–H groups in total. The fourth-order valence-corrected chi connectivity index (χ4v) is 1.67. The van der Waals surface area contributed by atoms with Gasteiger partial charge in [-0.05, 0) is 18.8 Å². The van der Waals surface area contributed by atoms with Gasteiger partial charge in [0.05, 0.1) is 0 Å². The number of imide groups is 1. The van der Waals surface area contributed by atoms with Gasteiger partial charge in [0.25, 0.3) is 11.8 Å². The standard InChI is InChI=1S/C10H13NO5/c1-2-6-5-7(6)15-10(14)16-11-8(12)3-4-9(11)13/h6-7H,2-5H2,1H3/t6-,7-/m1/s1. The molecule has 0 aromatic carbocycles. The minimum atomic E-state index is -0.968. The van der Waals surface area contributed by atoms with Crippen LogP contribution in [0.15, 0.2) is 0 Å². The fourth-order valence-electron chi connectivity index (χ4n) is 1.67. The first kappa shape index (κ1) is 10.9. The van der Waals surface area contributed by atoms with Gasteiger partial charge in [0.2, 0.25) is 0 Å². The van der Waals surface area contributed by atoms with Crippen LogP contribution < -0.4 is 0 Å². The third kappa shape index (κ3) is 2.15. The van der Waals surface area contributed by atoms with E-state index in [1.54, 1.807) is 0 Å². The molecule has 88 valence electrons. The summed E-state index contributed by atoms with van der Waals surface area (Å²) in [5.41, 5.74) is 0. The Balaban J connectivity index is 1.79. The molecule has 2 rings (SSSR count). The average Bonchev–Trinajstić information content (AvgIpc) is 2.93. The summed E-state index contributed by atoms with van der Waals surface area (Å²) in [6.45, 7) is 2.01. The molecular formula is C10H13NO5. The highest BCUT2D eigenvalue weighted by molar-refractivity contribution is 6.01. The van der Waals surface area contributed by atoms with Gasteiger partial charge in [0, 0.05) is 12.8 Å². The summed E-state index contributed by atoms with van der Waals surface area (Å²) in [6.07, 6.45) is 0.864. The van der Waals surface area contributed by atoms with Crippen LogP contribution in [-0.4, -0.2) is 29.1 Å². The number of hydroxylamine groups is 2. The summed E-state index contributed by atoms with van der Waals surface area (Å²) in [5.74, 6) is -0.605. The minimum Gasteiger partial charge on any atom is -0.429 e. The van der Waals surface area contributed by atoms with Crippen LogP contribution in [0.25, 0.3) is 0 Å².